The highest BCUT2D eigenvalue weighted by Crippen LogP contribution is 2.32. The Balaban J connectivity index is 1.73. The highest BCUT2D eigenvalue weighted by Gasteiger charge is 2.36. The lowest BCUT2D eigenvalue weighted by Crippen LogP contribution is -2.37. The van der Waals surface area contributed by atoms with E-state index in [2.05, 4.69) is 4.72 Å². The standard InChI is InChI=1S/C8H14ClNO2S/c9-7-3-6(4-7)5-10-13(11,12)8-1-2-8/h6-8,10H,1-5H2. The fourth-order valence-corrected chi connectivity index (χ4v) is 3.52. The molecule has 0 aromatic rings. The second kappa shape index (κ2) is 3.41. The molecule has 0 heterocycles. The second-order valence-corrected chi connectivity index (χ2v) is 6.69. The lowest BCUT2D eigenvalue weighted by molar-refractivity contribution is 0.324. The molecule has 0 aromatic heterocycles. The van der Waals surface area contributed by atoms with Crippen LogP contribution >= 0.6 is 11.6 Å². The SMILES string of the molecule is O=S(=O)(NCC1CC(Cl)C1)C1CC1. The zero-order valence-electron chi connectivity index (χ0n) is 7.37. The summed E-state index contributed by atoms with van der Waals surface area (Å²) in [6, 6.07) is 0. The van der Waals surface area contributed by atoms with E-state index in [0.717, 1.165) is 25.7 Å². The van der Waals surface area contributed by atoms with E-state index in [4.69, 9.17) is 11.6 Å². The molecule has 2 saturated carbocycles. The summed E-state index contributed by atoms with van der Waals surface area (Å²) in [6.45, 7) is 0.585. The lowest BCUT2D eigenvalue weighted by atomic mass is 9.85. The molecule has 3 nitrogen and oxygen atoms in total. The maximum absolute atomic E-state index is 11.4. The van der Waals surface area contributed by atoms with E-state index in [9.17, 15) is 8.42 Å². The molecule has 5 heteroatoms. The maximum Gasteiger partial charge on any atom is 0.214 e. The first-order valence-electron chi connectivity index (χ1n) is 4.70. The van der Waals surface area contributed by atoms with Gasteiger partial charge in [0.25, 0.3) is 0 Å². The minimum absolute atomic E-state index is 0.0978. The highest BCUT2D eigenvalue weighted by atomic mass is 35.5. The van der Waals surface area contributed by atoms with Crippen molar-refractivity contribution < 1.29 is 8.42 Å². The van der Waals surface area contributed by atoms with Crippen LogP contribution in [0, 0.1) is 5.92 Å². The minimum atomic E-state index is -2.97. The Morgan fingerprint density at radius 1 is 1.31 bits per heavy atom. The zero-order valence-corrected chi connectivity index (χ0v) is 8.94. The maximum atomic E-state index is 11.4. The molecule has 2 fully saturated rings. The number of hydrogen-bond donors (Lipinski definition) is 1. The summed E-state index contributed by atoms with van der Waals surface area (Å²) in [5.74, 6) is 0.469. The third-order valence-electron chi connectivity index (χ3n) is 2.71. The van der Waals surface area contributed by atoms with Gasteiger partial charge in [0.1, 0.15) is 0 Å². The molecule has 0 amide bonds. The number of sulfonamides is 1. The summed E-state index contributed by atoms with van der Waals surface area (Å²) < 4.78 is 25.4. The summed E-state index contributed by atoms with van der Waals surface area (Å²) in [6.07, 6.45) is 3.57. The van der Waals surface area contributed by atoms with Crippen molar-refractivity contribution >= 4 is 21.6 Å². The molecule has 1 N–H and O–H groups in total. The van der Waals surface area contributed by atoms with Crippen LogP contribution in [0.4, 0.5) is 0 Å². The van der Waals surface area contributed by atoms with Gasteiger partial charge in [-0.15, -0.1) is 11.6 Å². The zero-order chi connectivity index (χ0) is 9.47. The topological polar surface area (TPSA) is 46.2 Å². The third-order valence-corrected chi connectivity index (χ3v) is 4.99. The lowest BCUT2D eigenvalue weighted by Gasteiger charge is -2.30. The van der Waals surface area contributed by atoms with Crippen LogP contribution in [0.25, 0.3) is 0 Å². The van der Waals surface area contributed by atoms with Crippen LogP contribution in [0.3, 0.4) is 0 Å². The van der Waals surface area contributed by atoms with Crippen molar-refractivity contribution in [1.29, 1.82) is 0 Å². The van der Waals surface area contributed by atoms with Gasteiger partial charge in [0.2, 0.25) is 10.0 Å². The van der Waals surface area contributed by atoms with Gasteiger partial charge in [0.05, 0.1) is 5.25 Å². The average Bonchev–Trinajstić information content (AvgIpc) is 2.77. The van der Waals surface area contributed by atoms with E-state index in [1.807, 2.05) is 0 Å². The van der Waals surface area contributed by atoms with Crippen LogP contribution in [0.5, 0.6) is 0 Å². The smallest absolute Gasteiger partial charge is 0.214 e. The molecule has 13 heavy (non-hydrogen) atoms. The molecule has 0 radical (unpaired) electrons. The van der Waals surface area contributed by atoms with Gasteiger partial charge in [-0.05, 0) is 31.6 Å². The first-order chi connectivity index (χ1) is 6.08. The summed E-state index contributed by atoms with van der Waals surface area (Å²) in [4.78, 5) is 0. The molecule has 0 aliphatic heterocycles. The molecule has 76 valence electrons. The minimum Gasteiger partial charge on any atom is -0.215 e. The molecule has 2 aliphatic carbocycles. The van der Waals surface area contributed by atoms with E-state index in [-0.39, 0.29) is 10.6 Å². The molecule has 0 unspecified atom stereocenters. The van der Waals surface area contributed by atoms with E-state index >= 15 is 0 Å². The van der Waals surface area contributed by atoms with Gasteiger partial charge in [-0.1, -0.05) is 0 Å². The van der Waals surface area contributed by atoms with Gasteiger partial charge >= 0.3 is 0 Å². The van der Waals surface area contributed by atoms with Crippen LogP contribution < -0.4 is 4.72 Å². The molecule has 0 atom stereocenters. The second-order valence-electron chi connectivity index (χ2n) is 4.03. The fourth-order valence-electron chi connectivity index (χ4n) is 1.55. The van der Waals surface area contributed by atoms with Crippen LogP contribution in [-0.4, -0.2) is 25.6 Å². The Morgan fingerprint density at radius 3 is 2.38 bits per heavy atom. The van der Waals surface area contributed by atoms with Crippen LogP contribution in [0.2, 0.25) is 0 Å². The van der Waals surface area contributed by atoms with Crippen LogP contribution in [0.1, 0.15) is 25.7 Å². The molecule has 0 aromatic carbocycles. The van der Waals surface area contributed by atoms with E-state index < -0.39 is 10.0 Å². The number of halogens is 1. The monoisotopic (exact) mass is 223 g/mol. The van der Waals surface area contributed by atoms with E-state index in [1.165, 1.54) is 0 Å². The van der Waals surface area contributed by atoms with Crippen molar-refractivity contribution in [1.82, 2.24) is 4.72 Å². The Labute approximate surface area is 83.9 Å². The molecular formula is C8H14ClNO2S. The molecule has 0 saturated heterocycles. The molecule has 0 spiro atoms. The van der Waals surface area contributed by atoms with Gasteiger partial charge in [-0.3, -0.25) is 0 Å². The van der Waals surface area contributed by atoms with E-state index in [1.54, 1.807) is 0 Å². The molecule has 2 rings (SSSR count). The largest absolute Gasteiger partial charge is 0.215 e. The Morgan fingerprint density at radius 2 is 1.92 bits per heavy atom. The average molecular weight is 224 g/mol. The van der Waals surface area contributed by atoms with Crippen molar-refractivity contribution in [2.24, 2.45) is 5.92 Å². The van der Waals surface area contributed by atoms with Crippen LogP contribution in [0.15, 0.2) is 0 Å². The molecular weight excluding hydrogens is 210 g/mol. The van der Waals surface area contributed by atoms with Crippen molar-refractivity contribution in [3.05, 3.63) is 0 Å². The van der Waals surface area contributed by atoms with Gasteiger partial charge in [0.15, 0.2) is 0 Å². The highest BCUT2D eigenvalue weighted by molar-refractivity contribution is 7.90. The van der Waals surface area contributed by atoms with Gasteiger partial charge in [-0.2, -0.15) is 0 Å². The fraction of sp³-hybridized carbons (Fsp3) is 1.00. The van der Waals surface area contributed by atoms with Gasteiger partial charge < -0.3 is 0 Å². The number of rotatable bonds is 4. The first-order valence-corrected chi connectivity index (χ1v) is 6.69. The quantitative estimate of drug-likeness (QED) is 0.726. The van der Waals surface area contributed by atoms with Crippen molar-refractivity contribution in [2.75, 3.05) is 6.54 Å². The number of alkyl halides is 1. The van der Waals surface area contributed by atoms with Gasteiger partial charge in [-0.25, -0.2) is 13.1 Å². The number of nitrogens with one attached hydrogen (secondary N) is 1. The third kappa shape index (κ3) is 2.36. The van der Waals surface area contributed by atoms with Gasteiger partial charge in [0, 0.05) is 11.9 Å². The summed E-state index contributed by atoms with van der Waals surface area (Å²) in [5.41, 5.74) is 0. The Bertz CT molecular complexity index is 281. The van der Waals surface area contributed by atoms with Crippen LogP contribution in [-0.2, 0) is 10.0 Å². The number of hydrogen-bond acceptors (Lipinski definition) is 2. The predicted molar refractivity (Wildman–Crippen MR) is 52.3 cm³/mol. The van der Waals surface area contributed by atoms with E-state index in [0.29, 0.717) is 12.5 Å². The Kier molecular flexibility index (Phi) is 2.55. The summed E-state index contributed by atoms with van der Waals surface area (Å²) in [5, 5.41) is 0.176. The normalized spacial score (nSPS) is 34.2. The molecule has 2 aliphatic rings. The van der Waals surface area contributed by atoms with Crippen molar-refractivity contribution in [3.63, 3.8) is 0 Å². The first kappa shape index (κ1) is 9.74. The molecule has 0 bridgehead atoms. The predicted octanol–water partition coefficient (Wildman–Crippen LogP) is 1.09. The van der Waals surface area contributed by atoms with Crippen molar-refractivity contribution in [2.45, 2.75) is 36.3 Å². The Hall–Kier alpha value is 0.200. The summed E-state index contributed by atoms with van der Waals surface area (Å²) >= 11 is 5.79. The summed E-state index contributed by atoms with van der Waals surface area (Å²) in [7, 11) is -2.97. The van der Waals surface area contributed by atoms with Crippen molar-refractivity contribution in [3.8, 4) is 0 Å².